The summed E-state index contributed by atoms with van der Waals surface area (Å²) in [6.45, 7) is 11.9. The molecule has 0 saturated heterocycles. The molecule has 0 spiro atoms. The molecule has 0 radical (unpaired) electrons. The number of para-hydroxylation sites is 1. The number of amides is 1. The summed E-state index contributed by atoms with van der Waals surface area (Å²) in [6, 6.07) is 16.5. The lowest BCUT2D eigenvalue weighted by Crippen LogP contribution is -2.38. The van der Waals surface area contributed by atoms with Crippen LogP contribution in [0.1, 0.15) is 67.9 Å². The molecule has 1 amide bonds. The summed E-state index contributed by atoms with van der Waals surface area (Å²) in [4.78, 5) is 33.4. The molecule has 5 aromatic rings. The molecule has 53 heavy (non-hydrogen) atoms. The third-order valence-corrected chi connectivity index (χ3v) is 11.6. The number of carboxylic acid groups (broad SMARTS) is 1. The van der Waals surface area contributed by atoms with Crippen LogP contribution in [0.2, 0.25) is 0 Å². The fourth-order valence-corrected chi connectivity index (χ4v) is 8.32. The molecule has 1 aliphatic rings. The molecule has 2 atom stereocenters. The predicted molar refractivity (Wildman–Crippen MR) is 197 cm³/mol. The third-order valence-electron chi connectivity index (χ3n) is 9.79. The van der Waals surface area contributed by atoms with E-state index in [4.69, 9.17) is 14.6 Å². The van der Waals surface area contributed by atoms with Crippen LogP contribution >= 0.6 is 0 Å². The van der Waals surface area contributed by atoms with Crippen molar-refractivity contribution in [3.05, 3.63) is 94.8 Å². The first kappa shape index (κ1) is 37.4. The number of nitrogens with one attached hydrogen (secondary N) is 1. The smallest absolute Gasteiger partial charge is 0.341 e. The number of aliphatic carboxylic acids is 1. The van der Waals surface area contributed by atoms with Gasteiger partial charge in [0.15, 0.2) is 6.61 Å². The Morgan fingerprint density at radius 1 is 1.08 bits per heavy atom. The van der Waals surface area contributed by atoms with Crippen LogP contribution in [0, 0.1) is 19.3 Å². The van der Waals surface area contributed by atoms with Gasteiger partial charge in [0.05, 0.1) is 35.6 Å². The first-order valence-electron chi connectivity index (χ1n) is 17.4. The predicted octanol–water partition coefficient (Wildman–Crippen LogP) is 5.48. The van der Waals surface area contributed by atoms with Crippen molar-refractivity contribution in [3.63, 3.8) is 0 Å². The van der Waals surface area contributed by atoms with E-state index in [1.165, 1.54) is 16.7 Å². The van der Waals surface area contributed by atoms with Gasteiger partial charge >= 0.3 is 12.0 Å². The van der Waals surface area contributed by atoms with Gasteiger partial charge in [-0.05, 0) is 73.2 Å². The number of sulfonamides is 1. The van der Waals surface area contributed by atoms with Gasteiger partial charge in [-0.3, -0.25) is 4.79 Å². The Bertz CT molecular complexity index is 2270. The van der Waals surface area contributed by atoms with E-state index in [0.29, 0.717) is 24.4 Å². The molecular formula is C38H43N7O7S. The molecular weight excluding hydrogens is 699 g/mol. The summed E-state index contributed by atoms with van der Waals surface area (Å²) in [5.41, 5.74) is 5.02. The van der Waals surface area contributed by atoms with Gasteiger partial charge in [-0.1, -0.05) is 62.4 Å². The Labute approximate surface area is 308 Å². The summed E-state index contributed by atoms with van der Waals surface area (Å²) < 4.78 is 42.6. The Morgan fingerprint density at radius 3 is 2.51 bits per heavy atom. The number of carbonyl (C=O) groups excluding carboxylic acids is 1. The van der Waals surface area contributed by atoms with E-state index in [9.17, 15) is 18.0 Å². The number of aromatic nitrogens is 5. The molecule has 1 aliphatic heterocycles. The van der Waals surface area contributed by atoms with Crippen LogP contribution in [0.15, 0.2) is 71.9 Å². The lowest BCUT2D eigenvalue weighted by atomic mass is 9.69. The number of hydrogen-bond acceptors (Lipinski definition) is 10. The van der Waals surface area contributed by atoms with E-state index in [2.05, 4.69) is 25.6 Å². The Balaban J connectivity index is 1.41. The minimum absolute atomic E-state index is 0.103. The van der Waals surface area contributed by atoms with Gasteiger partial charge in [-0.2, -0.15) is 4.31 Å². The number of carboxylic acids is 1. The lowest BCUT2D eigenvalue weighted by molar-refractivity contribution is -0.139. The molecule has 3 heterocycles. The fraction of sp³-hybridized carbons (Fsp3) is 0.368. The van der Waals surface area contributed by atoms with Gasteiger partial charge < -0.3 is 19.9 Å². The highest BCUT2D eigenvalue weighted by atomic mass is 32.2. The first-order chi connectivity index (χ1) is 25.2. The first-order valence-corrected chi connectivity index (χ1v) is 18.8. The number of rotatable bonds is 12. The molecule has 3 aromatic carbocycles. The average molecular weight is 742 g/mol. The van der Waals surface area contributed by atoms with E-state index in [1.807, 2.05) is 76.6 Å². The van der Waals surface area contributed by atoms with Crippen molar-refractivity contribution in [3.8, 4) is 11.8 Å². The van der Waals surface area contributed by atoms with Gasteiger partial charge in [0, 0.05) is 19.0 Å². The highest BCUT2D eigenvalue weighted by molar-refractivity contribution is 7.89. The second-order valence-electron chi connectivity index (χ2n) is 13.7. The Morgan fingerprint density at radius 2 is 1.81 bits per heavy atom. The minimum atomic E-state index is -3.90. The van der Waals surface area contributed by atoms with Crippen LogP contribution in [0.5, 0.6) is 11.8 Å². The summed E-state index contributed by atoms with van der Waals surface area (Å²) in [5, 5.41) is 20.6. The van der Waals surface area contributed by atoms with Gasteiger partial charge in [-0.15, -0.1) is 5.10 Å². The molecule has 6 rings (SSSR count). The van der Waals surface area contributed by atoms with Gasteiger partial charge in [0.25, 0.3) is 0 Å². The van der Waals surface area contributed by atoms with Crippen LogP contribution in [0.25, 0.3) is 11.0 Å². The molecule has 278 valence electrons. The third kappa shape index (κ3) is 7.44. The highest BCUT2D eigenvalue weighted by Crippen LogP contribution is 2.45. The number of anilines is 1. The number of ether oxygens (including phenoxy) is 2. The van der Waals surface area contributed by atoms with E-state index in [1.54, 1.807) is 24.3 Å². The Hall–Kier alpha value is -5.41. The summed E-state index contributed by atoms with van der Waals surface area (Å²) >= 11 is 0. The summed E-state index contributed by atoms with van der Waals surface area (Å²) in [6.07, 6.45) is 2.99. The number of benzene rings is 3. The van der Waals surface area contributed by atoms with E-state index >= 15 is 0 Å². The van der Waals surface area contributed by atoms with Gasteiger partial charge in [-0.25, -0.2) is 27.9 Å². The van der Waals surface area contributed by atoms with Crippen LogP contribution in [-0.2, 0) is 32.7 Å². The molecule has 15 heteroatoms. The number of nitrogens with zero attached hydrogens (tertiary/aromatic N) is 6. The topological polar surface area (TPSA) is 179 Å². The number of fused-ring (bicyclic) bond motifs is 2. The molecule has 0 saturated carbocycles. The van der Waals surface area contributed by atoms with Crippen LogP contribution in [0.4, 0.5) is 5.69 Å². The molecule has 0 unspecified atom stereocenters. The largest absolute Gasteiger partial charge is 0.488 e. The van der Waals surface area contributed by atoms with Crippen LogP contribution < -0.4 is 14.8 Å². The maximum absolute atomic E-state index is 14.3. The lowest BCUT2D eigenvalue weighted by Gasteiger charge is -2.35. The quantitative estimate of drug-likeness (QED) is 0.165. The van der Waals surface area contributed by atoms with E-state index < -0.39 is 33.9 Å². The van der Waals surface area contributed by atoms with Crippen LogP contribution in [-0.4, -0.2) is 73.9 Å². The standard InChI is InChI=1S/C38H43N7O7S/c1-7-28-21-44(53(49,50)32-12-10-9-11-31(32)52-28)20-26-17-25(14-13-23(26)3)34(29-15-16-30-35(24(29)4)42-43-45(30)8-2)38(5,6)36(48)41-27-18-39-37(40-19-27)51-22-33(46)47/h9-19,28,34H,7-8,20-22H2,1-6H3,(H,41,48)(H,46,47)/t28-,34+/m1/s1. The number of aryl methyl sites for hydroxylation is 3. The molecule has 2 aromatic heterocycles. The molecule has 2 N–H and O–H groups in total. The Kier molecular flexibility index (Phi) is 10.5. The van der Waals surface area contributed by atoms with Crippen molar-refractivity contribution in [2.45, 2.75) is 78.0 Å². The van der Waals surface area contributed by atoms with Crippen molar-refractivity contribution in [2.75, 3.05) is 18.5 Å². The molecule has 14 nitrogen and oxygen atoms in total. The number of hydrogen-bond donors (Lipinski definition) is 2. The van der Waals surface area contributed by atoms with Crippen molar-refractivity contribution >= 4 is 38.6 Å². The second kappa shape index (κ2) is 14.9. The maximum Gasteiger partial charge on any atom is 0.341 e. The normalized spacial score (nSPS) is 16.3. The summed E-state index contributed by atoms with van der Waals surface area (Å²) in [7, 11) is -3.90. The van der Waals surface area contributed by atoms with E-state index in [0.717, 1.165) is 38.9 Å². The van der Waals surface area contributed by atoms with Crippen molar-refractivity contribution < 1.29 is 32.6 Å². The van der Waals surface area contributed by atoms with Crippen molar-refractivity contribution in [2.24, 2.45) is 5.41 Å². The van der Waals surface area contributed by atoms with Crippen molar-refractivity contribution in [1.82, 2.24) is 29.3 Å². The highest BCUT2D eigenvalue weighted by Gasteiger charge is 2.41. The van der Waals surface area contributed by atoms with Crippen molar-refractivity contribution in [1.29, 1.82) is 0 Å². The van der Waals surface area contributed by atoms with Crippen LogP contribution in [0.3, 0.4) is 0 Å². The SMILES string of the molecule is CC[C@@H]1CN(Cc2cc([C@@H](c3ccc4c(nnn4CC)c3C)C(C)(C)C(=O)Nc3cnc(OCC(=O)O)nc3)ccc2C)S(=O)(=O)c2ccccc2O1. The summed E-state index contributed by atoms with van der Waals surface area (Å²) in [5.74, 6) is -1.69. The zero-order valence-electron chi connectivity index (χ0n) is 30.5. The number of carbonyl (C=O) groups is 2. The molecule has 0 aliphatic carbocycles. The second-order valence-corrected chi connectivity index (χ2v) is 15.6. The molecule has 0 bridgehead atoms. The maximum atomic E-state index is 14.3. The minimum Gasteiger partial charge on any atom is -0.488 e. The van der Waals surface area contributed by atoms with Gasteiger partial charge in [0.1, 0.15) is 22.3 Å². The molecule has 0 fully saturated rings. The van der Waals surface area contributed by atoms with Gasteiger partial charge in [0.2, 0.25) is 15.9 Å². The average Bonchev–Trinajstić information content (AvgIpc) is 3.52. The van der Waals surface area contributed by atoms with E-state index in [-0.39, 0.29) is 36.0 Å². The fourth-order valence-electron chi connectivity index (χ4n) is 6.75. The zero-order valence-corrected chi connectivity index (χ0v) is 31.3. The monoisotopic (exact) mass is 741 g/mol. The zero-order chi connectivity index (χ0) is 38.1.